The number of anilines is 1. The highest BCUT2D eigenvalue weighted by molar-refractivity contribution is 6.31. The van der Waals surface area contributed by atoms with Crippen LogP contribution in [0.3, 0.4) is 0 Å². The van der Waals surface area contributed by atoms with E-state index in [1.165, 1.54) is 18.2 Å². The summed E-state index contributed by atoms with van der Waals surface area (Å²) in [6, 6.07) is 8.40. The summed E-state index contributed by atoms with van der Waals surface area (Å²) in [6.07, 6.45) is 0. The molecule has 0 atom stereocenters. The first kappa shape index (κ1) is 15.6. The van der Waals surface area contributed by atoms with Crippen molar-refractivity contribution in [2.24, 2.45) is 0 Å². The van der Waals surface area contributed by atoms with E-state index in [2.05, 4.69) is 5.32 Å². The molecule has 1 aromatic heterocycles. The quantitative estimate of drug-likeness (QED) is 0.780. The van der Waals surface area contributed by atoms with Crippen molar-refractivity contribution < 1.29 is 13.6 Å². The van der Waals surface area contributed by atoms with Crippen molar-refractivity contribution in [1.82, 2.24) is 4.57 Å². The molecule has 0 aliphatic carbocycles. The van der Waals surface area contributed by atoms with E-state index in [1.54, 1.807) is 12.1 Å². The average Bonchev–Trinajstić information content (AvgIpc) is 2.78. The van der Waals surface area contributed by atoms with Gasteiger partial charge in [0.15, 0.2) is 5.58 Å². The molecular weight excluding hydrogens is 346 g/mol. The zero-order valence-corrected chi connectivity index (χ0v) is 13.0. The third kappa shape index (κ3) is 3.23. The number of oxazole rings is 1. The minimum Gasteiger partial charge on any atom is -0.408 e. The van der Waals surface area contributed by atoms with Crippen LogP contribution in [-0.2, 0) is 11.3 Å². The van der Waals surface area contributed by atoms with Gasteiger partial charge in [-0.3, -0.25) is 9.36 Å². The molecule has 1 N–H and O–H groups in total. The molecule has 1 heterocycles. The second-order valence-corrected chi connectivity index (χ2v) is 5.61. The van der Waals surface area contributed by atoms with Crippen molar-refractivity contribution in [2.45, 2.75) is 6.54 Å². The number of carbonyl (C=O) groups excluding carboxylic acids is 1. The summed E-state index contributed by atoms with van der Waals surface area (Å²) in [4.78, 5) is 23.9. The molecule has 3 aromatic rings. The minimum absolute atomic E-state index is 0.0635. The molecule has 0 fully saturated rings. The predicted octanol–water partition coefficient (Wildman–Crippen LogP) is 3.68. The van der Waals surface area contributed by atoms with Crippen LogP contribution in [-0.4, -0.2) is 10.5 Å². The number of benzene rings is 2. The molecule has 3 rings (SSSR count). The van der Waals surface area contributed by atoms with Crippen LogP contribution in [0.1, 0.15) is 0 Å². The van der Waals surface area contributed by atoms with Gasteiger partial charge in [0, 0.05) is 16.1 Å². The van der Waals surface area contributed by atoms with Crippen LogP contribution in [0, 0.1) is 5.82 Å². The van der Waals surface area contributed by atoms with Gasteiger partial charge in [-0.1, -0.05) is 23.2 Å². The first-order chi connectivity index (χ1) is 10.9. The second kappa shape index (κ2) is 6.06. The predicted molar refractivity (Wildman–Crippen MR) is 85.5 cm³/mol. The molecule has 0 spiro atoms. The lowest BCUT2D eigenvalue weighted by Crippen LogP contribution is -2.25. The topological polar surface area (TPSA) is 64.2 Å². The molecular formula is C15H9Cl2FN2O3. The Morgan fingerprint density at radius 2 is 1.87 bits per heavy atom. The maximum Gasteiger partial charge on any atom is 0.420 e. The van der Waals surface area contributed by atoms with Gasteiger partial charge in [-0.2, -0.15) is 0 Å². The van der Waals surface area contributed by atoms with Crippen molar-refractivity contribution in [2.75, 3.05) is 5.32 Å². The van der Waals surface area contributed by atoms with Crippen LogP contribution in [0.5, 0.6) is 0 Å². The van der Waals surface area contributed by atoms with E-state index in [-0.39, 0.29) is 22.8 Å². The zero-order valence-electron chi connectivity index (χ0n) is 11.5. The van der Waals surface area contributed by atoms with Crippen LogP contribution in [0.4, 0.5) is 10.1 Å². The van der Waals surface area contributed by atoms with E-state index < -0.39 is 17.5 Å². The lowest BCUT2D eigenvalue weighted by molar-refractivity contribution is -0.116. The number of carbonyl (C=O) groups is 1. The fourth-order valence-corrected chi connectivity index (χ4v) is 2.45. The molecule has 0 aliphatic rings. The summed E-state index contributed by atoms with van der Waals surface area (Å²) < 4.78 is 19.8. The summed E-state index contributed by atoms with van der Waals surface area (Å²) in [6.45, 7) is -0.334. The second-order valence-electron chi connectivity index (χ2n) is 4.74. The maximum absolute atomic E-state index is 13.6. The van der Waals surface area contributed by atoms with E-state index >= 15 is 0 Å². The number of aromatic nitrogens is 1. The molecule has 0 bridgehead atoms. The monoisotopic (exact) mass is 354 g/mol. The summed E-state index contributed by atoms with van der Waals surface area (Å²) in [5.41, 5.74) is 0.622. The Morgan fingerprint density at radius 3 is 2.65 bits per heavy atom. The number of hydrogen-bond acceptors (Lipinski definition) is 3. The molecule has 1 amide bonds. The molecule has 8 heteroatoms. The van der Waals surface area contributed by atoms with Crippen molar-refractivity contribution >= 4 is 45.9 Å². The molecule has 0 radical (unpaired) electrons. The van der Waals surface area contributed by atoms with Gasteiger partial charge in [-0.15, -0.1) is 0 Å². The third-order valence-corrected chi connectivity index (χ3v) is 3.60. The highest BCUT2D eigenvalue weighted by atomic mass is 35.5. The molecule has 0 saturated carbocycles. The van der Waals surface area contributed by atoms with Crippen LogP contribution in [0.15, 0.2) is 45.6 Å². The lowest BCUT2D eigenvalue weighted by atomic mass is 10.3. The maximum atomic E-state index is 13.6. The largest absolute Gasteiger partial charge is 0.420 e. The van der Waals surface area contributed by atoms with E-state index in [9.17, 15) is 14.0 Å². The smallest absolute Gasteiger partial charge is 0.408 e. The Bertz CT molecular complexity index is 965. The van der Waals surface area contributed by atoms with E-state index in [1.807, 2.05) is 0 Å². The number of halogens is 3. The van der Waals surface area contributed by atoms with Gasteiger partial charge in [0.25, 0.3) is 0 Å². The molecule has 2 aromatic carbocycles. The lowest BCUT2D eigenvalue weighted by Gasteiger charge is -2.07. The van der Waals surface area contributed by atoms with Gasteiger partial charge in [0.2, 0.25) is 5.91 Å². The van der Waals surface area contributed by atoms with E-state index in [4.69, 9.17) is 27.6 Å². The number of amides is 1. The summed E-state index contributed by atoms with van der Waals surface area (Å²) in [5, 5.41) is 3.05. The Morgan fingerprint density at radius 1 is 1.17 bits per heavy atom. The van der Waals surface area contributed by atoms with Crippen LogP contribution in [0.25, 0.3) is 11.1 Å². The fourth-order valence-electron chi connectivity index (χ4n) is 2.12. The number of nitrogens with one attached hydrogen (secondary N) is 1. The van der Waals surface area contributed by atoms with E-state index in [0.29, 0.717) is 10.5 Å². The first-order valence-electron chi connectivity index (χ1n) is 6.48. The first-order valence-corrected chi connectivity index (χ1v) is 7.23. The van der Waals surface area contributed by atoms with Gasteiger partial charge >= 0.3 is 5.76 Å². The Kier molecular flexibility index (Phi) is 4.11. The van der Waals surface area contributed by atoms with Crippen molar-refractivity contribution in [3.05, 3.63) is 62.8 Å². The van der Waals surface area contributed by atoms with Gasteiger partial charge in [0.05, 0.1) is 11.2 Å². The van der Waals surface area contributed by atoms with E-state index in [0.717, 1.165) is 10.6 Å². The molecule has 0 aliphatic heterocycles. The standard InChI is InChI=1S/C15H9Cl2FN2O3/c16-8-1-3-10(18)11(5-8)19-14(21)7-20-12-4-2-9(17)6-13(12)23-15(20)22/h1-6H,7H2,(H,19,21). The van der Waals surface area contributed by atoms with Crippen LogP contribution < -0.4 is 11.1 Å². The molecule has 0 unspecified atom stereocenters. The van der Waals surface area contributed by atoms with Crippen LogP contribution >= 0.6 is 23.2 Å². The van der Waals surface area contributed by atoms with Gasteiger partial charge in [0.1, 0.15) is 12.4 Å². The Hall–Kier alpha value is -2.31. The highest BCUT2D eigenvalue weighted by Crippen LogP contribution is 2.20. The SMILES string of the molecule is O=C(Cn1c(=O)oc2cc(Cl)ccc21)Nc1cc(Cl)ccc1F. The number of nitrogens with zero attached hydrogens (tertiary/aromatic N) is 1. The van der Waals surface area contributed by atoms with Crippen LogP contribution in [0.2, 0.25) is 10.0 Å². The number of rotatable bonds is 3. The minimum atomic E-state index is -0.705. The molecule has 118 valence electrons. The Labute approximate surface area is 139 Å². The third-order valence-electron chi connectivity index (χ3n) is 3.13. The van der Waals surface area contributed by atoms with Crippen molar-refractivity contribution in [3.63, 3.8) is 0 Å². The van der Waals surface area contributed by atoms with Gasteiger partial charge in [-0.05, 0) is 30.3 Å². The highest BCUT2D eigenvalue weighted by Gasteiger charge is 2.14. The average molecular weight is 355 g/mol. The molecule has 0 saturated heterocycles. The summed E-state index contributed by atoms with van der Waals surface area (Å²) in [7, 11) is 0. The van der Waals surface area contributed by atoms with Gasteiger partial charge < -0.3 is 9.73 Å². The van der Waals surface area contributed by atoms with Crippen molar-refractivity contribution in [1.29, 1.82) is 0 Å². The molecule has 23 heavy (non-hydrogen) atoms. The Balaban J connectivity index is 1.87. The molecule has 5 nitrogen and oxygen atoms in total. The number of hydrogen-bond donors (Lipinski definition) is 1. The van der Waals surface area contributed by atoms with Gasteiger partial charge in [-0.25, -0.2) is 9.18 Å². The van der Waals surface area contributed by atoms with Crippen molar-refractivity contribution in [3.8, 4) is 0 Å². The summed E-state index contributed by atoms with van der Waals surface area (Å²) in [5.74, 6) is -1.92. The normalized spacial score (nSPS) is 10.9. The summed E-state index contributed by atoms with van der Waals surface area (Å²) >= 11 is 11.6. The fraction of sp³-hybridized carbons (Fsp3) is 0.0667. The number of fused-ring (bicyclic) bond motifs is 1. The zero-order chi connectivity index (χ0) is 16.6.